The van der Waals surface area contributed by atoms with Crippen LogP contribution in [0.3, 0.4) is 0 Å². The first-order valence-corrected chi connectivity index (χ1v) is 9.71. The average Bonchev–Trinajstić information content (AvgIpc) is 3.14. The first-order valence-electron chi connectivity index (χ1n) is 9.71. The van der Waals surface area contributed by atoms with Gasteiger partial charge in [0, 0.05) is 25.7 Å². The first-order chi connectivity index (χ1) is 12.7. The molecule has 1 amide bonds. The maximum atomic E-state index is 12.5. The van der Waals surface area contributed by atoms with E-state index >= 15 is 0 Å². The van der Waals surface area contributed by atoms with E-state index in [9.17, 15) is 4.79 Å². The van der Waals surface area contributed by atoms with Crippen LogP contribution in [0.4, 0.5) is 0 Å². The van der Waals surface area contributed by atoms with Crippen LogP contribution in [0.5, 0.6) is 17.2 Å². The Labute approximate surface area is 155 Å². The molecule has 2 fully saturated rings. The van der Waals surface area contributed by atoms with Crippen LogP contribution in [0.1, 0.15) is 32.1 Å². The van der Waals surface area contributed by atoms with Gasteiger partial charge in [0.05, 0.1) is 0 Å². The van der Waals surface area contributed by atoms with Gasteiger partial charge in [-0.25, -0.2) is 0 Å². The lowest BCUT2D eigenvalue weighted by atomic mass is 9.83. The minimum Gasteiger partial charge on any atom is -0.484 e. The molecule has 0 spiro atoms. The van der Waals surface area contributed by atoms with E-state index in [-0.39, 0.29) is 19.3 Å². The van der Waals surface area contributed by atoms with Crippen molar-refractivity contribution in [3.8, 4) is 17.2 Å². The van der Waals surface area contributed by atoms with Crippen LogP contribution in [0, 0.1) is 5.92 Å². The molecule has 3 heterocycles. The standard InChI is InChI=1S/C20H28N2O4/c1-21(12-15-5-4-10-22-9-3-2-6-17(15)22)20(23)13-24-16-7-8-18-19(11-16)26-14-25-18/h7-8,11,15,17H,2-6,9-10,12-14H2,1H3/t15-,17-/m0/s1. The van der Waals surface area contributed by atoms with Crippen molar-refractivity contribution in [2.24, 2.45) is 5.92 Å². The summed E-state index contributed by atoms with van der Waals surface area (Å²) >= 11 is 0. The highest BCUT2D eigenvalue weighted by molar-refractivity contribution is 5.77. The zero-order valence-corrected chi connectivity index (χ0v) is 15.5. The number of nitrogens with zero attached hydrogens (tertiary/aromatic N) is 2. The molecule has 3 aliphatic heterocycles. The molecular formula is C20H28N2O4. The van der Waals surface area contributed by atoms with E-state index in [1.54, 1.807) is 6.07 Å². The Morgan fingerprint density at radius 2 is 2.04 bits per heavy atom. The van der Waals surface area contributed by atoms with Crippen molar-refractivity contribution in [1.29, 1.82) is 0 Å². The molecule has 0 aliphatic carbocycles. The number of fused-ring (bicyclic) bond motifs is 2. The molecule has 0 N–H and O–H groups in total. The van der Waals surface area contributed by atoms with Gasteiger partial charge in [-0.05, 0) is 56.8 Å². The Hall–Kier alpha value is -1.95. The fourth-order valence-corrected chi connectivity index (χ4v) is 4.47. The predicted octanol–water partition coefficient (Wildman–Crippen LogP) is 2.52. The molecule has 1 aromatic rings. The Kier molecular flexibility index (Phi) is 5.20. The monoisotopic (exact) mass is 360 g/mol. The van der Waals surface area contributed by atoms with Crippen molar-refractivity contribution < 1.29 is 19.0 Å². The number of hydrogen-bond acceptors (Lipinski definition) is 5. The SMILES string of the molecule is CN(C[C@@H]1CCCN2CCCC[C@@H]12)C(=O)COc1ccc2c(c1)OCO2. The van der Waals surface area contributed by atoms with Crippen molar-refractivity contribution >= 4 is 5.91 Å². The van der Waals surface area contributed by atoms with E-state index in [0.717, 1.165) is 12.3 Å². The lowest BCUT2D eigenvalue weighted by Crippen LogP contribution is -2.51. The topological polar surface area (TPSA) is 51.2 Å². The highest BCUT2D eigenvalue weighted by Gasteiger charge is 2.34. The fourth-order valence-electron chi connectivity index (χ4n) is 4.47. The average molecular weight is 360 g/mol. The smallest absolute Gasteiger partial charge is 0.260 e. The van der Waals surface area contributed by atoms with Crippen LogP contribution in [0.25, 0.3) is 0 Å². The van der Waals surface area contributed by atoms with Gasteiger partial charge in [-0.1, -0.05) is 6.42 Å². The number of likely N-dealkylation sites (N-methyl/N-ethyl adjacent to an activating group) is 1. The number of rotatable bonds is 5. The number of amides is 1. The summed E-state index contributed by atoms with van der Waals surface area (Å²) in [5, 5.41) is 0. The summed E-state index contributed by atoms with van der Waals surface area (Å²) in [5.41, 5.74) is 0. The van der Waals surface area contributed by atoms with Gasteiger partial charge in [0.2, 0.25) is 6.79 Å². The van der Waals surface area contributed by atoms with Gasteiger partial charge in [-0.3, -0.25) is 4.79 Å². The maximum Gasteiger partial charge on any atom is 0.260 e. The molecule has 0 bridgehead atoms. The molecule has 0 aromatic heterocycles. The van der Waals surface area contributed by atoms with Gasteiger partial charge in [0.25, 0.3) is 5.91 Å². The molecule has 3 aliphatic rings. The van der Waals surface area contributed by atoms with Crippen molar-refractivity contribution in [1.82, 2.24) is 9.80 Å². The second-order valence-electron chi connectivity index (χ2n) is 7.58. The molecule has 0 unspecified atom stereocenters. The van der Waals surface area contributed by atoms with Crippen molar-refractivity contribution in [2.45, 2.75) is 38.1 Å². The molecule has 0 saturated carbocycles. The van der Waals surface area contributed by atoms with E-state index in [2.05, 4.69) is 4.90 Å². The summed E-state index contributed by atoms with van der Waals surface area (Å²) in [5.74, 6) is 2.63. The lowest BCUT2D eigenvalue weighted by molar-refractivity contribution is -0.133. The number of piperidine rings is 2. The minimum atomic E-state index is 0.0237. The van der Waals surface area contributed by atoms with E-state index in [1.807, 2.05) is 24.1 Å². The van der Waals surface area contributed by atoms with Crippen LogP contribution in [-0.2, 0) is 4.79 Å². The van der Waals surface area contributed by atoms with Gasteiger partial charge in [-0.2, -0.15) is 0 Å². The molecule has 142 valence electrons. The van der Waals surface area contributed by atoms with Crippen LogP contribution >= 0.6 is 0 Å². The van der Waals surface area contributed by atoms with Gasteiger partial charge in [-0.15, -0.1) is 0 Å². The van der Waals surface area contributed by atoms with Crippen molar-refractivity contribution in [2.75, 3.05) is 40.1 Å². The summed E-state index contributed by atoms with van der Waals surface area (Å²) in [4.78, 5) is 17.0. The second kappa shape index (κ2) is 7.74. The molecule has 6 heteroatoms. The van der Waals surface area contributed by atoms with Gasteiger partial charge in [0.1, 0.15) is 5.75 Å². The minimum absolute atomic E-state index is 0.0237. The van der Waals surface area contributed by atoms with Crippen molar-refractivity contribution in [3.63, 3.8) is 0 Å². The van der Waals surface area contributed by atoms with Gasteiger partial charge >= 0.3 is 0 Å². The third-order valence-corrected chi connectivity index (χ3v) is 5.87. The maximum absolute atomic E-state index is 12.5. The number of carbonyl (C=O) groups is 1. The molecule has 4 rings (SSSR count). The van der Waals surface area contributed by atoms with E-state index in [4.69, 9.17) is 14.2 Å². The lowest BCUT2D eigenvalue weighted by Gasteiger charge is -2.45. The van der Waals surface area contributed by atoms with Crippen LogP contribution in [0.2, 0.25) is 0 Å². The third-order valence-electron chi connectivity index (χ3n) is 5.87. The molecule has 0 radical (unpaired) electrons. The highest BCUT2D eigenvalue weighted by atomic mass is 16.7. The molecular weight excluding hydrogens is 332 g/mol. The second-order valence-corrected chi connectivity index (χ2v) is 7.58. The van der Waals surface area contributed by atoms with Crippen LogP contribution < -0.4 is 14.2 Å². The normalized spacial score (nSPS) is 24.8. The Bertz CT molecular complexity index is 649. The summed E-state index contributed by atoms with van der Waals surface area (Å²) in [6.07, 6.45) is 6.39. The largest absolute Gasteiger partial charge is 0.484 e. The summed E-state index contributed by atoms with van der Waals surface area (Å²) in [6.45, 7) is 3.57. The molecule has 1 aromatic carbocycles. The van der Waals surface area contributed by atoms with Gasteiger partial charge < -0.3 is 24.0 Å². The third kappa shape index (κ3) is 3.75. The van der Waals surface area contributed by atoms with E-state index in [1.165, 1.54) is 45.2 Å². The number of benzene rings is 1. The van der Waals surface area contributed by atoms with Gasteiger partial charge in [0.15, 0.2) is 18.1 Å². The summed E-state index contributed by atoms with van der Waals surface area (Å²) in [7, 11) is 1.90. The van der Waals surface area contributed by atoms with E-state index < -0.39 is 0 Å². The summed E-state index contributed by atoms with van der Waals surface area (Å²) in [6, 6.07) is 6.05. The first kappa shape index (κ1) is 17.5. The molecule has 2 saturated heterocycles. The quantitative estimate of drug-likeness (QED) is 0.808. The predicted molar refractivity (Wildman–Crippen MR) is 97.6 cm³/mol. The van der Waals surface area contributed by atoms with Crippen LogP contribution in [-0.4, -0.2) is 61.8 Å². The zero-order chi connectivity index (χ0) is 17.9. The Morgan fingerprint density at radius 3 is 2.96 bits per heavy atom. The van der Waals surface area contributed by atoms with Crippen molar-refractivity contribution in [3.05, 3.63) is 18.2 Å². The van der Waals surface area contributed by atoms with Crippen LogP contribution in [0.15, 0.2) is 18.2 Å². The van der Waals surface area contributed by atoms with E-state index in [0.29, 0.717) is 23.5 Å². The Morgan fingerprint density at radius 1 is 1.19 bits per heavy atom. The molecule has 2 atom stereocenters. The zero-order valence-electron chi connectivity index (χ0n) is 15.5. The molecule has 6 nitrogen and oxygen atoms in total. The number of hydrogen-bond donors (Lipinski definition) is 0. The number of ether oxygens (including phenoxy) is 3. The molecule has 26 heavy (non-hydrogen) atoms. The fraction of sp³-hybridized carbons (Fsp3) is 0.650. The highest BCUT2D eigenvalue weighted by Crippen LogP contribution is 2.35. The summed E-state index contributed by atoms with van der Waals surface area (Å²) < 4.78 is 16.3. The Balaban J connectivity index is 1.29. The number of carbonyl (C=O) groups excluding carboxylic acids is 1.